The van der Waals surface area contributed by atoms with Gasteiger partial charge in [0.25, 0.3) is 5.56 Å². The van der Waals surface area contributed by atoms with Crippen molar-refractivity contribution in [3.05, 3.63) is 85.4 Å². The molecule has 0 aliphatic rings. The van der Waals surface area contributed by atoms with Gasteiger partial charge in [-0.15, -0.1) is 0 Å². The van der Waals surface area contributed by atoms with E-state index in [1.807, 2.05) is 20.8 Å². The van der Waals surface area contributed by atoms with Gasteiger partial charge in [0.1, 0.15) is 5.75 Å². The zero-order valence-corrected chi connectivity index (χ0v) is 21.7. The van der Waals surface area contributed by atoms with Crippen LogP contribution in [-0.2, 0) is 15.4 Å². The summed E-state index contributed by atoms with van der Waals surface area (Å²) in [5.41, 5.74) is 4.36. The predicted molar refractivity (Wildman–Crippen MR) is 140 cm³/mol. The Morgan fingerprint density at radius 3 is 2.38 bits per heavy atom. The number of nitrogens with one attached hydrogen (secondary N) is 2. The van der Waals surface area contributed by atoms with E-state index in [0.29, 0.717) is 5.56 Å². The summed E-state index contributed by atoms with van der Waals surface area (Å²) in [6.07, 6.45) is 4.93. The molecule has 0 fully saturated rings. The monoisotopic (exact) mass is 530 g/mol. The minimum atomic E-state index is -3.59. The Hall–Kier alpha value is -4.19. The first-order chi connectivity index (χ1) is 17.1. The molecule has 196 valence electrons. The minimum absolute atomic E-state index is 0.00618. The molecular formula is C25H27FN4O6S. The smallest absolute Gasteiger partial charge is 0.333 e. The number of anilines is 1. The lowest BCUT2D eigenvalue weighted by Gasteiger charge is -2.25. The number of rotatable bonds is 7. The van der Waals surface area contributed by atoms with Crippen LogP contribution in [0.1, 0.15) is 47.8 Å². The number of halogens is 1. The number of primary amides is 1. The largest absolute Gasteiger partial charge is 0.496 e. The maximum atomic E-state index is 15.9. The summed E-state index contributed by atoms with van der Waals surface area (Å²) in [4.78, 5) is 38.2. The Labute approximate surface area is 212 Å². The average Bonchev–Trinajstić information content (AvgIpc) is 2.77. The third-order valence-corrected chi connectivity index (χ3v) is 5.99. The van der Waals surface area contributed by atoms with E-state index in [-0.39, 0.29) is 33.8 Å². The Bertz CT molecular complexity index is 1630. The second-order valence-corrected chi connectivity index (χ2v) is 11.1. The maximum Gasteiger partial charge on any atom is 0.333 e. The lowest BCUT2D eigenvalue weighted by molar-refractivity contribution is 0.1000. The van der Waals surface area contributed by atoms with Gasteiger partial charge in [-0.3, -0.25) is 23.9 Å². The molecule has 4 N–H and O–H groups in total. The molecule has 1 amide bonds. The summed E-state index contributed by atoms with van der Waals surface area (Å²) in [7, 11) is -2.21. The van der Waals surface area contributed by atoms with E-state index >= 15 is 4.39 Å². The fourth-order valence-corrected chi connectivity index (χ4v) is 4.28. The first kappa shape index (κ1) is 27.4. The molecule has 0 aliphatic carbocycles. The van der Waals surface area contributed by atoms with E-state index in [1.54, 1.807) is 0 Å². The normalized spacial score (nSPS) is 12.1. The van der Waals surface area contributed by atoms with Crippen LogP contribution in [0, 0.1) is 5.82 Å². The van der Waals surface area contributed by atoms with Gasteiger partial charge in [0.05, 0.1) is 24.6 Å². The quantitative estimate of drug-likeness (QED) is 0.399. The molecule has 1 aromatic heterocycles. The molecule has 3 rings (SSSR count). The number of aromatic amines is 1. The van der Waals surface area contributed by atoms with Crippen LogP contribution in [-0.4, -0.2) is 37.2 Å². The number of carbonyl (C=O) groups is 1. The minimum Gasteiger partial charge on any atom is -0.496 e. The number of aromatic nitrogens is 2. The molecule has 1 heterocycles. The van der Waals surface area contributed by atoms with E-state index < -0.39 is 38.4 Å². The summed E-state index contributed by atoms with van der Waals surface area (Å²) < 4.78 is 47.8. The van der Waals surface area contributed by atoms with Crippen molar-refractivity contribution in [1.29, 1.82) is 0 Å². The first-order valence-corrected chi connectivity index (χ1v) is 12.8. The van der Waals surface area contributed by atoms with Gasteiger partial charge in [-0.2, -0.15) is 0 Å². The van der Waals surface area contributed by atoms with Crippen molar-refractivity contribution >= 4 is 33.8 Å². The Kier molecular flexibility index (Phi) is 7.44. The number of benzene rings is 2. The number of amides is 1. The fraction of sp³-hybridized carbons (Fsp3) is 0.240. The molecule has 2 aromatic carbocycles. The molecule has 0 unspecified atom stereocenters. The molecule has 37 heavy (non-hydrogen) atoms. The Morgan fingerprint density at radius 2 is 1.84 bits per heavy atom. The highest BCUT2D eigenvalue weighted by atomic mass is 32.2. The number of nitrogens with zero attached hydrogens (tertiary/aromatic N) is 1. The van der Waals surface area contributed by atoms with Gasteiger partial charge in [-0.05, 0) is 35.3 Å². The highest BCUT2D eigenvalue weighted by molar-refractivity contribution is 7.92. The van der Waals surface area contributed by atoms with Gasteiger partial charge >= 0.3 is 5.69 Å². The van der Waals surface area contributed by atoms with Crippen molar-refractivity contribution in [1.82, 2.24) is 9.55 Å². The number of H-pyrrole nitrogens is 1. The average molecular weight is 531 g/mol. The molecule has 10 nitrogen and oxygen atoms in total. The van der Waals surface area contributed by atoms with Crippen LogP contribution in [0.15, 0.2) is 46.1 Å². The van der Waals surface area contributed by atoms with Crippen LogP contribution >= 0.6 is 0 Å². The van der Waals surface area contributed by atoms with Crippen LogP contribution in [0.25, 0.3) is 17.8 Å². The molecule has 0 saturated heterocycles. The van der Waals surface area contributed by atoms with Crippen LogP contribution in [0.2, 0.25) is 0 Å². The van der Waals surface area contributed by atoms with E-state index in [0.717, 1.165) is 16.9 Å². The topological polar surface area (TPSA) is 153 Å². The SMILES string of the molecule is COc1c(C(C)(C)C)cc(-n2ccc(=O)[nH]c2=O)c(F)c1/C=C/c1ccc(NS(C)(=O)=O)cc1C(N)=O. The van der Waals surface area contributed by atoms with E-state index in [9.17, 15) is 22.8 Å². The van der Waals surface area contributed by atoms with Gasteiger partial charge < -0.3 is 10.5 Å². The lowest BCUT2D eigenvalue weighted by atomic mass is 9.84. The number of sulfonamides is 1. The van der Waals surface area contributed by atoms with Gasteiger partial charge in [0.2, 0.25) is 15.9 Å². The third-order valence-electron chi connectivity index (χ3n) is 5.38. The van der Waals surface area contributed by atoms with Crippen molar-refractivity contribution in [2.24, 2.45) is 5.73 Å². The zero-order chi connectivity index (χ0) is 27.7. The molecule has 0 saturated carbocycles. The summed E-state index contributed by atoms with van der Waals surface area (Å²) in [6, 6.07) is 6.73. The maximum absolute atomic E-state index is 15.9. The number of hydrogen-bond donors (Lipinski definition) is 3. The van der Waals surface area contributed by atoms with Crippen molar-refractivity contribution < 1.29 is 22.3 Å². The van der Waals surface area contributed by atoms with Crippen LogP contribution in [0.5, 0.6) is 5.75 Å². The van der Waals surface area contributed by atoms with Crippen molar-refractivity contribution in [3.8, 4) is 11.4 Å². The molecule has 0 aliphatic heterocycles. The molecule has 0 radical (unpaired) electrons. The molecule has 0 bridgehead atoms. The van der Waals surface area contributed by atoms with Gasteiger partial charge in [0.15, 0.2) is 5.82 Å². The zero-order valence-electron chi connectivity index (χ0n) is 20.9. The summed E-state index contributed by atoms with van der Waals surface area (Å²) in [6.45, 7) is 5.65. The Balaban J connectivity index is 2.27. The second kappa shape index (κ2) is 10.1. The fourth-order valence-electron chi connectivity index (χ4n) is 3.72. The number of methoxy groups -OCH3 is 1. The van der Waals surface area contributed by atoms with Crippen molar-refractivity contribution in [2.75, 3.05) is 18.1 Å². The Morgan fingerprint density at radius 1 is 1.16 bits per heavy atom. The van der Waals surface area contributed by atoms with Gasteiger partial charge in [-0.25, -0.2) is 17.6 Å². The van der Waals surface area contributed by atoms with Crippen LogP contribution < -0.4 is 26.4 Å². The van der Waals surface area contributed by atoms with Crippen molar-refractivity contribution in [3.63, 3.8) is 0 Å². The number of hydrogen-bond acceptors (Lipinski definition) is 6. The van der Waals surface area contributed by atoms with E-state index in [1.165, 1.54) is 49.7 Å². The standard InChI is InChI=1S/C25H27FN4O6S/c1-25(2,3)18-13-19(30-11-10-20(31)28-24(30)33)21(26)16(22(18)36-4)9-7-14-6-8-15(29-37(5,34)35)12-17(14)23(27)32/h6-13,29H,1-5H3,(H2,27,32)(H,28,31,33)/b9-7+. The summed E-state index contributed by atoms with van der Waals surface area (Å²) in [5.74, 6) is -1.43. The van der Waals surface area contributed by atoms with Crippen LogP contribution in [0.3, 0.4) is 0 Å². The predicted octanol–water partition coefficient (Wildman–Crippen LogP) is 2.61. The summed E-state index contributed by atoms with van der Waals surface area (Å²) >= 11 is 0. The van der Waals surface area contributed by atoms with E-state index in [2.05, 4.69) is 9.71 Å². The molecule has 0 spiro atoms. The van der Waals surface area contributed by atoms with Crippen molar-refractivity contribution in [2.45, 2.75) is 26.2 Å². The summed E-state index contributed by atoms with van der Waals surface area (Å²) in [5, 5.41) is 0. The molecule has 12 heteroatoms. The number of nitrogens with two attached hydrogens (primary N) is 1. The molecule has 3 aromatic rings. The van der Waals surface area contributed by atoms with Crippen LogP contribution in [0.4, 0.5) is 10.1 Å². The highest BCUT2D eigenvalue weighted by Gasteiger charge is 2.26. The molecule has 0 atom stereocenters. The number of carbonyl (C=O) groups excluding carboxylic acids is 1. The van der Waals surface area contributed by atoms with Gasteiger partial charge in [0, 0.05) is 29.1 Å². The van der Waals surface area contributed by atoms with Gasteiger partial charge in [-0.1, -0.05) is 32.9 Å². The van der Waals surface area contributed by atoms with E-state index in [4.69, 9.17) is 10.5 Å². The lowest BCUT2D eigenvalue weighted by Crippen LogP contribution is -2.28. The molecular weight excluding hydrogens is 503 g/mol. The first-order valence-electron chi connectivity index (χ1n) is 11.0. The second-order valence-electron chi connectivity index (χ2n) is 9.31. The number of ether oxygens (including phenoxy) is 1. The highest BCUT2D eigenvalue weighted by Crippen LogP contribution is 2.39. The third kappa shape index (κ3) is 6.15.